The summed E-state index contributed by atoms with van der Waals surface area (Å²) in [4.78, 5) is 11.2. The number of ketones is 1. The molecule has 0 amide bonds. The van der Waals surface area contributed by atoms with E-state index in [0.29, 0.717) is 5.92 Å². The summed E-state index contributed by atoms with van der Waals surface area (Å²) in [5.74, 6) is 1.77. The molecule has 94 valence electrons. The minimum Gasteiger partial charge on any atom is -0.493 e. The molecule has 0 N–H and O–H groups in total. The third-order valence-corrected chi connectivity index (χ3v) is 2.74. The number of hydrogen-bond acceptors (Lipinski definition) is 2. The van der Waals surface area contributed by atoms with Gasteiger partial charge in [0, 0.05) is 5.92 Å². The highest BCUT2D eigenvalue weighted by atomic mass is 16.5. The Kier molecular flexibility index (Phi) is 5.20. The predicted octanol–water partition coefficient (Wildman–Crippen LogP) is 3.49. The number of carbonyl (C=O) groups is 1. The van der Waals surface area contributed by atoms with E-state index in [0.717, 1.165) is 18.8 Å². The molecule has 0 saturated heterocycles. The molecule has 0 aliphatic carbocycles. The topological polar surface area (TPSA) is 26.3 Å². The number of ether oxygens (including phenoxy) is 1. The number of benzene rings is 1. The van der Waals surface area contributed by atoms with Gasteiger partial charge in [-0.1, -0.05) is 32.9 Å². The molecule has 1 aromatic carbocycles. The van der Waals surface area contributed by atoms with Crippen LogP contribution in [-0.4, -0.2) is 12.4 Å². The van der Waals surface area contributed by atoms with Crippen LogP contribution < -0.4 is 4.74 Å². The van der Waals surface area contributed by atoms with Gasteiger partial charge < -0.3 is 4.74 Å². The number of Topliss-reactive ketones (excluding diaryl/α,β-unsaturated/α-hetero) is 1. The van der Waals surface area contributed by atoms with Gasteiger partial charge >= 0.3 is 0 Å². The summed E-state index contributed by atoms with van der Waals surface area (Å²) >= 11 is 0. The summed E-state index contributed by atoms with van der Waals surface area (Å²) in [6.07, 6.45) is 0.805. The van der Waals surface area contributed by atoms with Crippen LogP contribution in [-0.2, 0) is 11.2 Å². The molecule has 1 rings (SSSR count). The van der Waals surface area contributed by atoms with E-state index in [2.05, 4.69) is 13.8 Å². The Hall–Kier alpha value is -1.31. The van der Waals surface area contributed by atoms with Crippen LogP contribution in [0.25, 0.3) is 0 Å². The normalized spacial score (nSPS) is 12.5. The minimum atomic E-state index is 0.0948. The molecule has 2 nitrogen and oxygen atoms in total. The molecule has 17 heavy (non-hydrogen) atoms. The summed E-state index contributed by atoms with van der Waals surface area (Å²) in [5, 5.41) is 0. The summed E-state index contributed by atoms with van der Waals surface area (Å²) in [5.41, 5.74) is 1.18. The third kappa shape index (κ3) is 5.03. The molecule has 2 heteroatoms. The van der Waals surface area contributed by atoms with E-state index in [1.807, 2.05) is 31.2 Å². The SMILES string of the molecule is CC(=O)C(C)Cc1ccc(OCC(C)C)cc1. The maximum atomic E-state index is 11.2. The zero-order valence-electron chi connectivity index (χ0n) is 11.2. The molecule has 0 aliphatic rings. The summed E-state index contributed by atoms with van der Waals surface area (Å²) in [6.45, 7) is 8.60. The molecular formula is C15H22O2. The molecule has 0 radical (unpaired) electrons. The lowest BCUT2D eigenvalue weighted by atomic mass is 9.98. The van der Waals surface area contributed by atoms with E-state index >= 15 is 0 Å². The number of rotatable bonds is 6. The van der Waals surface area contributed by atoms with E-state index < -0.39 is 0 Å². The first-order valence-corrected chi connectivity index (χ1v) is 6.21. The van der Waals surface area contributed by atoms with E-state index in [-0.39, 0.29) is 11.7 Å². The van der Waals surface area contributed by atoms with Crippen molar-refractivity contribution in [2.75, 3.05) is 6.61 Å². The van der Waals surface area contributed by atoms with Crippen LogP contribution in [0.15, 0.2) is 24.3 Å². The Balaban J connectivity index is 2.53. The molecule has 0 aliphatic heterocycles. The van der Waals surface area contributed by atoms with Crippen molar-refractivity contribution >= 4 is 5.78 Å². The van der Waals surface area contributed by atoms with Crippen LogP contribution in [0.5, 0.6) is 5.75 Å². The molecule has 0 spiro atoms. The number of hydrogen-bond donors (Lipinski definition) is 0. The van der Waals surface area contributed by atoms with Crippen LogP contribution in [0.2, 0.25) is 0 Å². The molecule has 0 saturated carbocycles. The standard InChI is InChI=1S/C15H22O2/c1-11(2)10-17-15-7-5-14(6-8-15)9-12(3)13(4)16/h5-8,11-12H,9-10H2,1-4H3. The second-order valence-corrected chi connectivity index (χ2v) is 5.06. The van der Waals surface area contributed by atoms with Gasteiger partial charge in [-0.05, 0) is 37.0 Å². The van der Waals surface area contributed by atoms with Crippen molar-refractivity contribution in [2.45, 2.75) is 34.1 Å². The quantitative estimate of drug-likeness (QED) is 0.753. The van der Waals surface area contributed by atoms with Crippen molar-refractivity contribution in [1.29, 1.82) is 0 Å². The van der Waals surface area contributed by atoms with Crippen LogP contribution in [0.1, 0.15) is 33.3 Å². The van der Waals surface area contributed by atoms with E-state index in [1.165, 1.54) is 5.56 Å². The first-order chi connectivity index (χ1) is 7.99. The van der Waals surface area contributed by atoms with Gasteiger partial charge in [0.1, 0.15) is 11.5 Å². The highest BCUT2D eigenvalue weighted by Crippen LogP contribution is 2.16. The number of carbonyl (C=O) groups excluding carboxylic acids is 1. The summed E-state index contributed by atoms with van der Waals surface area (Å²) < 4.78 is 5.61. The Morgan fingerprint density at radius 1 is 1.18 bits per heavy atom. The molecule has 0 heterocycles. The summed E-state index contributed by atoms with van der Waals surface area (Å²) in [7, 11) is 0. The predicted molar refractivity (Wildman–Crippen MR) is 70.3 cm³/mol. The van der Waals surface area contributed by atoms with Gasteiger partial charge in [-0.25, -0.2) is 0 Å². The van der Waals surface area contributed by atoms with Crippen molar-refractivity contribution in [3.63, 3.8) is 0 Å². The minimum absolute atomic E-state index is 0.0948. The largest absolute Gasteiger partial charge is 0.493 e. The van der Waals surface area contributed by atoms with Gasteiger partial charge in [0.05, 0.1) is 6.61 Å². The van der Waals surface area contributed by atoms with Crippen LogP contribution in [0.3, 0.4) is 0 Å². The Bertz CT molecular complexity index is 352. The van der Waals surface area contributed by atoms with Crippen molar-refractivity contribution in [3.8, 4) is 5.75 Å². The van der Waals surface area contributed by atoms with Crippen molar-refractivity contribution in [2.24, 2.45) is 11.8 Å². The first-order valence-electron chi connectivity index (χ1n) is 6.21. The average Bonchev–Trinajstić information content (AvgIpc) is 2.28. The molecule has 1 unspecified atom stereocenters. The van der Waals surface area contributed by atoms with Gasteiger partial charge in [-0.3, -0.25) is 4.79 Å². The van der Waals surface area contributed by atoms with Crippen molar-refractivity contribution < 1.29 is 9.53 Å². The molecule has 1 aromatic rings. The third-order valence-electron chi connectivity index (χ3n) is 2.74. The smallest absolute Gasteiger partial charge is 0.132 e. The molecule has 1 atom stereocenters. The molecule has 0 aromatic heterocycles. The molecule has 0 fully saturated rings. The van der Waals surface area contributed by atoms with E-state index in [4.69, 9.17) is 4.74 Å². The van der Waals surface area contributed by atoms with Crippen LogP contribution in [0.4, 0.5) is 0 Å². The van der Waals surface area contributed by atoms with Crippen LogP contribution in [0, 0.1) is 11.8 Å². The summed E-state index contributed by atoms with van der Waals surface area (Å²) in [6, 6.07) is 8.03. The second-order valence-electron chi connectivity index (χ2n) is 5.06. The fourth-order valence-corrected chi connectivity index (χ4v) is 1.48. The van der Waals surface area contributed by atoms with E-state index in [1.54, 1.807) is 6.92 Å². The monoisotopic (exact) mass is 234 g/mol. The Morgan fingerprint density at radius 3 is 2.24 bits per heavy atom. The van der Waals surface area contributed by atoms with Crippen molar-refractivity contribution in [3.05, 3.63) is 29.8 Å². The Morgan fingerprint density at radius 2 is 1.76 bits per heavy atom. The van der Waals surface area contributed by atoms with Gasteiger partial charge in [-0.2, -0.15) is 0 Å². The lowest BCUT2D eigenvalue weighted by Gasteiger charge is -2.10. The fraction of sp³-hybridized carbons (Fsp3) is 0.533. The highest BCUT2D eigenvalue weighted by molar-refractivity contribution is 5.78. The zero-order chi connectivity index (χ0) is 12.8. The average molecular weight is 234 g/mol. The van der Waals surface area contributed by atoms with Gasteiger partial charge in [-0.15, -0.1) is 0 Å². The second kappa shape index (κ2) is 6.43. The maximum Gasteiger partial charge on any atom is 0.132 e. The molecule has 0 bridgehead atoms. The molecular weight excluding hydrogens is 212 g/mol. The van der Waals surface area contributed by atoms with Gasteiger partial charge in [0.25, 0.3) is 0 Å². The van der Waals surface area contributed by atoms with E-state index in [9.17, 15) is 4.79 Å². The zero-order valence-corrected chi connectivity index (χ0v) is 11.2. The first kappa shape index (κ1) is 13.8. The Labute approximate surface area is 104 Å². The highest BCUT2D eigenvalue weighted by Gasteiger charge is 2.08. The lowest BCUT2D eigenvalue weighted by Crippen LogP contribution is -2.09. The lowest BCUT2D eigenvalue weighted by molar-refractivity contribution is -0.120. The van der Waals surface area contributed by atoms with Gasteiger partial charge in [0.2, 0.25) is 0 Å². The maximum absolute atomic E-state index is 11.2. The fourth-order valence-electron chi connectivity index (χ4n) is 1.48. The van der Waals surface area contributed by atoms with Crippen molar-refractivity contribution in [1.82, 2.24) is 0 Å². The van der Waals surface area contributed by atoms with Crippen LogP contribution >= 0.6 is 0 Å². The van der Waals surface area contributed by atoms with Gasteiger partial charge in [0.15, 0.2) is 0 Å².